The Morgan fingerprint density at radius 3 is 2.46 bits per heavy atom. The van der Waals surface area contributed by atoms with Crippen LogP contribution >= 0.6 is 0 Å². The molecule has 1 aliphatic heterocycles. The summed E-state index contributed by atoms with van der Waals surface area (Å²) in [5.74, 6) is 0.709. The van der Waals surface area contributed by atoms with Crippen molar-refractivity contribution in [3.8, 4) is 0 Å². The summed E-state index contributed by atoms with van der Waals surface area (Å²) >= 11 is 0. The van der Waals surface area contributed by atoms with Crippen molar-refractivity contribution in [2.24, 2.45) is 4.99 Å². The van der Waals surface area contributed by atoms with Crippen LogP contribution in [0.3, 0.4) is 0 Å². The fourth-order valence-corrected chi connectivity index (χ4v) is 4.57. The van der Waals surface area contributed by atoms with Crippen LogP contribution in [0.1, 0.15) is 37.8 Å². The lowest BCUT2D eigenvalue weighted by molar-refractivity contribution is 0.198. The molecule has 0 unspecified atom stereocenters. The second kappa shape index (κ2) is 9.71. The fraction of sp³-hybridized carbons (Fsp3) is 0.650. The molecule has 1 aromatic rings. The van der Waals surface area contributed by atoms with Crippen LogP contribution in [0.15, 0.2) is 29.3 Å². The molecule has 0 aromatic heterocycles. The van der Waals surface area contributed by atoms with E-state index in [1.165, 1.54) is 17.4 Å². The summed E-state index contributed by atoms with van der Waals surface area (Å²) in [6, 6.07) is 8.93. The highest BCUT2D eigenvalue weighted by Gasteiger charge is 2.24. The molecule has 0 aliphatic carbocycles. The van der Waals surface area contributed by atoms with Gasteiger partial charge in [0.2, 0.25) is 10.0 Å². The number of nitrogens with zero attached hydrogens (tertiary/aromatic N) is 2. The van der Waals surface area contributed by atoms with Gasteiger partial charge in [-0.1, -0.05) is 24.3 Å². The average Bonchev–Trinajstić information content (AvgIpc) is 2.60. The Hall–Kier alpha value is -1.64. The van der Waals surface area contributed by atoms with E-state index in [0.29, 0.717) is 18.5 Å². The predicted molar refractivity (Wildman–Crippen MR) is 116 cm³/mol. The quantitative estimate of drug-likeness (QED) is 0.469. The van der Waals surface area contributed by atoms with Gasteiger partial charge in [-0.3, -0.25) is 9.89 Å². The Morgan fingerprint density at radius 2 is 1.89 bits per heavy atom. The van der Waals surface area contributed by atoms with Gasteiger partial charge in [0.05, 0.1) is 6.26 Å². The van der Waals surface area contributed by atoms with Crippen LogP contribution in [-0.2, 0) is 16.6 Å². The number of aliphatic imine (C=N–C) groups is 1. The number of aryl methyl sites for hydroxylation is 1. The molecule has 1 fully saturated rings. The first kappa shape index (κ1) is 22.6. The molecule has 1 aliphatic rings. The maximum atomic E-state index is 11.5. The molecule has 28 heavy (non-hydrogen) atoms. The lowest BCUT2D eigenvalue weighted by Crippen LogP contribution is -2.55. The van der Waals surface area contributed by atoms with Crippen LogP contribution in [0.25, 0.3) is 0 Å². The summed E-state index contributed by atoms with van der Waals surface area (Å²) in [4.78, 5) is 6.78. The van der Waals surface area contributed by atoms with Gasteiger partial charge in [0.1, 0.15) is 0 Å². The summed E-state index contributed by atoms with van der Waals surface area (Å²) in [5.41, 5.74) is 2.15. The Kier molecular flexibility index (Phi) is 7.86. The Balaban J connectivity index is 1.78. The number of sulfonamides is 1. The van der Waals surface area contributed by atoms with Crippen LogP contribution in [0.2, 0.25) is 0 Å². The van der Waals surface area contributed by atoms with Gasteiger partial charge in [0.15, 0.2) is 5.96 Å². The molecule has 1 heterocycles. The second-order valence-electron chi connectivity index (χ2n) is 8.31. The molecule has 2 rings (SSSR count). The molecule has 0 atom stereocenters. The molecule has 3 N–H and O–H groups in total. The minimum atomic E-state index is -3.25. The van der Waals surface area contributed by atoms with Gasteiger partial charge in [0.25, 0.3) is 0 Å². The number of hydrogen-bond acceptors (Lipinski definition) is 4. The van der Waals surface area contributed by atoms with Gasteiger partial charge in [0, 0.05) is 44.8 Å². The number of likely N-dealkylation sites (tertiary alicyclic amines) is 1. The summed E-state index contributed by atoms with van der Waals surface area (Å²) in [5, 5.41) is 6.71. The standard InChI is InChI=1S/C20H35N5O2S/c1-16-8-6-7-9-17(16)14-25-12-10-18(11-13-25)23-19(21-4)22-15-20(2,3)24-28(5,26)27/h6-9,18,24H,10-15H2,1-5H3,(H2,21,22,23). The average molecular weight is 410 g/mol. The zero-order chi connectivity index (χ0) is 20.8. The molecular weight excluding hydrogens is 374 g/mol. The smallest absolute Gasteiger partial charge is 0.209 e. The largest absolute Gasteiger partial charge is 0.355 e. The topological polar surface area (TPSA) is 85.8 Å². The van der Waals surface area contributed by atoms with Gasteiger partial charge >= 0.3 is 0 Å². The van der Waals surface area contributed by atoms with Crippen LogP contribution in [0.5, 0.6) is 0 Å². The minimum Gasteiger partial charge on any atom is -0.355 e. The normalized spacial score (nSPS) is 17.5. The number of benzene rings is 1. The molecule has 0 radical (unpaired) electrons. The Labute approximate surface area is 170 Å². The van der Waals surface area contributed by atoms with Gasteiger partial charge in [-0.05, 0) is 44.7 Å². The molecule has 0 spiro atoms. The SMILES string of the molecule is CN=C(NCC(C)(C)NS(C)(=O)=O)NC1CCN(Cc2ccccc2C)CC1. The fourth-order valence-electron chi connectivity index (χ4n) is 3.49. The monoisotopic (exact) mass is 409 g/mol. The second-order valence-corrected chi connectivity index (χ2v) is 10.1. The van der Waals surface area contributed by atoms with E-state index in [4.69, 9.17) is 0 Å². The van der Waals surface area contributed by atoms with E-state index >= 15 is 0 Å². The highest BCUT2D eigenvalue weighted by Crippen LogP contribution is 2.16. The first-order chi connectivity index (χ1) is 13.1. The van der Waals surface area contributed by atoms with Crippen molar-refractivity contribution in [1.82, 2.24) is 20.3 Å². The highest BCUT2D eigenvalue weighted by molar-refractivity contribution is 7.88. The number of guanidine groups is 1. The maximum Gasteiger partial charge on any atom is 0.209 e. The van der Waals surface area contributed by atoms with E-state index in [1.807, 2.05) is 13.8 Å². The van der Waals surface area contributed by atoms with Crippen molar-refractivity contribution in [2.45, 2.75) is 51.7 Å². The van der Waals surface area contributed by atoms with E-state index < -0.39 is 15.6 Å². The van der Waals surface area contributed by atoms with Gasteiger partial charge < -0.3 is 10.6 Å². The van der Waals surface area contributed by atoms with Crippen molar-refractivity contribution in [2.75, 3.05) is 32.9 Å². The Bertz CT molecular complexity index is 769. The molecule has 158 valence electrons. The molecule has 0 saturated carbocycles. The Morgan fingerprint density at radius 1 is 1.25 bits per heavy atom. The zero-order valence-corrected chi connectivity index (χ0v) is 18.6. The molecule has 1 aromatic carbocycles. The predicted octanol–water partition coefficient (Wildman–Crippen LogP) is 1.45. The first-order valence-electron chi connectivity index (χ1n) is 9.81. The van der Waals surface area contributed by atoms with Crippen LogP contribution in [-0.4, -0.2) is 63.8 Å². The number of piperidine rings is 1. The molecular formula is C20H35N5O2S. The number of rotatable bonds is 7. The van der Waals surface area contributed by atoms with Crippen molar-refractivity contribution >= 4 is 16.0 Å². The first-order valence-corrected chi connectivity index (χ1v) is 11.7. The molecule has 1 saturated heterocycles. The third kappa shape index (κ3) is 7.77. The summed E-state index contributed by atoms with van der Waals surface area (Å²) in [6.07, 6.45) is 3.28. The summed E-state index contributed by atoms with van der Waals surface area (Å²) < 4.78 is 25.6. The summed E-state index contributed by atoms with van der Waals surface area (Å²) in [7, 11) is -1.52. The van der Waals surface area contributed by atoms with Crippen LogP contribution < -0.4 is 15.4 Å². The van der Waals surface area contributed by atoms with Crippen molar-refractivity contribution in [3.05, 3.63) is 35.4 Å². The molecule has 0 amide bonds. The van der Waals surface area contributed by atoms with E-state index in [-0.39, 0.29) is 0 Å². The van der Waals surface area contributed by atoms with Crippen LogP contribution in [0.4, 0.5) is 0 Å². The lowest BCUT2D eigenvalue weighted by Gasteiger charge is -2.34. The van der Waals surface area contributed by atoms with Gasteiger partial charge in [-0.25, -0.2) is 13.1 Å². The lowest BCUT2D eigenvalue weighted by atomic mass is 10.0. The number of nitrogens with one attached hydrogen (secondary N) is 3. The van der Waals surface area contributed by atoms with Crippen molar-refractivity contribution in [3.63, 3.8) is 0 Å². The van der Waals surface area contributed by atoms with Gasteiger partial charge in [-0.2, -0.15) is 0 Å². The van der Waals surface area contributed by atoms with Crippen molar-refractivity contribution in [1.29, 1.82) is 0 Å². The third-order valence-corrected chi connectivity index (χ3v) is 5.89. The molecule has 7 nitrogen and oxygen atoms in total. The zero-order valence-electron chi connectivity index (χ0n) is 17.7. The number of hydrogen-bond donors (Lipinski definition) is 3. The third-order valence-electron chi connectivity index (χ3n) is 4.97. The van der Waals surface area contributed by atoms with E-state index in [1.54, 1.807) is 7.05 Å². The maximum absolute atomic E-state index is 11.5. The summed E-state index contributed by atoms with van der Waals surface area (Å²) in [6.45, 7) is 9.40. The van der Waals surface area contributed by atoms with Crippen LogP contribution in [0, 0.1) is 6.92 Å². The molecule has 8 heteroatoms. The van der Waals surface area contributed by atoms with E-state index in [9.17, 15) is 8.42 Å². The minimum absolute atomic E-state index is 0.366. The van der Waals surface area contributed by atoms with E-state index in [2.05, 4.69) is 56.4 Å². The molecule has 0 bridgehead atoms. The van der Waals surface area contributed by atoms with Gasteiger partial charge in [-0.15, -0.1) is 0 Å². The van der Waals surface area contributed by atoms with Crippen molar-refractivity contribution < 1.29 is 8.42 Å². The highest BCUT2D eigenvalue weighted by atomic mass is 32.2. The van der Waals surface area contributed by atoms with E-state index in [0.717, 1.165) is 32.5 Å².